The molecular formula is C16H29N5. The third kappa shape index (κ3) is 3.46. The van der Waals surface area contributed by atoms with Gasteiger partial charge in [0.05, 0.1) is 0 Å². The summed E-state index contributed by atoms with van der Waals surface area (Å²) in [6.07, 6.45) is 3.82. The van der Waals surface area contributed by atoms with Crippen LogP contribution in [0.5, 0.6) is 0 Å². The predicted octanol–water partition coefficient (Wildman–Crippen LogP) is 2.71. The van der Waals surface area contributed by atoms with Crippen LogP contribution >= 0.6 is 0 Å². The van der Waals surface area contributed by atoms with Crippen molar-refractivity contribution in [3.05, 3.63) is 11.9 Å². The van der Waals surface area contributed by atoms with Crippen LogP contribution in [0.25, 0.3) is 0 Å². The van der Waals surface area contributed by atoms with E-state index in [9.17, 15) is 0 Å². The van der Waals surface area contributed by atoms with Crippen molar-refractivity contribution in [1.29, 1.82) is 0 Å². The standard InChI is InChI=1S/C16H29N5/c1-15(2,3)14-19-12(17-4)10-13(20-14)18-11-16(21(5)6)8-7-9-16/h10H,7-9,11H2,1-6H3,(H2,17,18,19,20). The maximum Gasteiger partial charge on any atom is 0.138 e. The van der Waals surface area contributed by atoms with Crippen LogP contribution in [-0.4, -0.2) is 48.1 Å². The SMILES string of the molecule is CNc1cc(NCC2(N(C)C)CCC2)nc(C(C)(C)C)n1. The lowest BCUT2D eigenvalue weighted by atomic mass is 9.75. The van der Waals surface area contributed by atoms with Crippen LogP contribution < -0.4 is 10.6 Å². The van der Waals surface area contributed by atoms with Crippen molar-refractivity contribution >= 4 is 11.6 Å². The van der Waals surface area contributed by atoms with Gasteiger partial charge in [0.25, 0.3) is 0 Å². The fraction of sp³-hybridized carbons (Fsp3) is 0.750. The van der Waals surface area contributed by atoms with Crippen LogP contribution in [-0.2, 0) is 5.41 Å². The molecule has 1 saturated carbocycles. The molecule has 1 aliphatic carbocycles. The molecule has 0 spiro atoms. The highest BCUT2D eigenvalue weighted by Gasteiger charge is 2.38. The summed E-state index contributed by atoms with van der Waals surface area (Å²) in [6.45, 7) is 7.35. The Morgan fingerprint density at radius 1 is 1.19 bits per heavy atom. The van der Waals surface area contributed by atoms with Crippen molar-refractivity contribution in [2.75, 3.05) is 38.3 Å². The molecule has 0 aliphatic heterocycles. The third-order valence-electron chi connectivity index (χ3n) is 4.48. The van der Waals surface area contributed by atoms with E-state index in [1.54, 1.807) is 0 Å². The van der Waals surface area contributed by atoms with Gasteiger partial charge in [-0.05, 0) is 33.4 Å². The fourth-order valence-corrected chi connectivity index (χ4v) is 2.62. The molecule has 1 aliphatic rings. The van der Waals surface area contributed by atoms with Crippen LogP contribution in [0.3, 0.4) is 0 Å². The molecule has 1 aromatic heterocycles. The van der Waals surface area contributed by atoms with Gasteiger partial charge >= 0.3 is 0 Å². The second kappa shape index (κ2) is 5.79. The third-order valence-corrected chi connectivity index (χ3v) is 4.48. The average molecular weight is 291 g/mol. The van der Waals surface area contributed by atoms with E-state index in [0.717, 1.165) is 24.0 Å². The number of hydrogen-bond donors (Lipinski definition) is 2. The Bertz CT molecular complexity index is 486. The highest BCUT2D eigenvalue weighted by atomic mass is 15.2. The predicted molar refractivity (Wildman–Crippen MR) is 89.0 cm³/mol. The normalized spacial score (nSPS) is 17.5. The van der Waals surface area contributed by atoms with Crippen molar-refractivity contribution in [3.63, 3.8) is 0 Å². The Balaban J connectivity index is 2.16. The van der Waals surface area contributed by atoms with Gasteiger partial charge in [-0.1, -0.05) is 20.8 Å². The van der Waals surface area contributed by atoms with E-state index in [0.29, 0.717) is 0 Å². The van der Waals surface area contributed by atoms with Crippen LogP contribution in [0.15, 0.2) is 6.07 Å². The molecule has 0 atom stereocenters. The summed E-state index contributed by atoms with van der Waals surface area (Å²) in [7, 11) is 6.23. The monoisotopic (exact) mass is 291 g/mol. The van der Waals surface area contributed by atoms with Crippen LogP contribution in [0.1, 0.15) is 45.9 Å². The maximum absolute atomic E-state index is 4.69. The number of aromatic nitrogens is 2. The van der Waals surface area contributed by atoms with Gasteiger partial charge in [-0.2, -0.15) is 0 Å². The molecule has 0 aromatic carbocycles. The molecular weight excluding hydrogens is 262 g/mol. The molecule has 0 bridgehead atoms. The zero-order chi connectivity index (χ0) is 15.7. The van der Waals surface area contributed by atoms with E-state index in [1.807, 2.05) is 13.1 Å². The molecule has 0 amide bonds. The van der Waals surface area contributed by atoms with E-state index in [4.69, 9.17) is 4.98 Å². The first kappa shape index (κ1) is 16.0. The van der Waals surface area contributed by atoms with Gasteiger partial charge in [-0.3, -0.25) is 0 Å². The minimum atomic E-state index is -0.0566. The number of likely N-dealkylation sites (N-methyl/N-ethyl adjacent to an activating group) is 1. The second-order valence-corrected chi connectivity index (χ2v) is 7.29. The first-order chi connectivity index (χ1) is 9.77. The molecule has 0 saturated heterocycles. The Hall–Kier alpha value is -1.36. The number of nitrogens with zero attached hydrogens (tertiary/aromatic N) is 3. The Labute approximate surface area is 128 Å². The summed E-state index contributed by atoms with van der Waals surface area (Å²) < 4.78 is 0. The highest BCUT2D eigenvalue weighted by Crippen LogP contribution is 2.36. The van der Waals surface area contributed by atoms with Crippen molar-refractivity contribution in [2.24, 2.45) is 0 Å². The van der Waals surface area contributed by atoms with E-state index in [2.05, 4.69) is 55.4 Å². The van der Waals surface area contributed by atoms with E-state index < -0.39 is 0 Å². The smallest absolute Gasteiger partial charge is 0.138 e. The van der Waals surface area contributed by atoms with Crippen LogP contribution in [0.2, 0.25) is 0 Å². The first-order valence-electron chi connectivity index (χ1n) is 7.75. The van der Waals surface area contributed by atoms with Crippen molar-refractivity contribution in [1.82, 2.24) is 14.9 Å². The number of nitrogens with one attached hydrogen (secondary N) is 2. The highest BCUT2D eigenvalue weighted by molar-refractivity contribution is 5.48. The average Bonchev–Trinajstić information content (AvgIpc) is 2.35. The van der Waals surface area contributed by atoms with E-state index in [1.165, 1.54) is 19.3 Å². The van der Waals surface area contributed by atoms with Crippen molar-refractivity contribution in [2.45, 2.75) is 51.0 Å². The molecule has 2 rings (SSSR count). The molecule has 0 unspecified atom stereocenters. The molecule has 1 heterocycles. The van der Waals surface area contributed by atoms with Gasteiger partial charge in [-0.25, -0.2) is 9.97 Å². The molecule has 1 aromatic rings. The number of anilines is 2. The lowest BCUT2D eigenvalue weighted by Gasteiger charge is -2.47. The Morgan fingerprint density at radius 2 is 1.81 bits per heavy atom. The molecule has 21 heavy (non-hydrogen) atoms. The second-order valence-electron chi connectivity index (χ2n) is 7.29. The minimum Gasteiger partial charge on any atom is -0.373 e. The lowest BCUT2D eigenvalue weighted by Crippen LogP contribution is -2.54. The maximum atomic E-state index is 4.69. The summed E-state index contributed by atoms with van der Waals surface area (Å²) in [6, 6.07) is 1.98. The summed E-state index contributed by atoms with van der Waals surface area (Å²) in [4.78, 5) is 11.6. The fourth-order valence-electron chi connectivity index (χ4n) is 2.62. The summed E-state index contributed by atoms with van der Waals surface area (Å²) in [5.41, 5.74) is 0.228. The van der Waals surface area contributed by atoms with Crippen LogP contribution in [0.4, 0.5) is 11.6 Å². The zero-order valence-electron chi connectivity index (χ0n) is 14.2. The molecule has 118 valence electrons. The van der Waals surface area contributed by atoms with Gasteiger partial charge in [0.1, 0.15) is 17.5 Å². The first-order valence-corrected chi connectivity index (χ1v) is 7.75. The van der Waals surface area contributed by atoms with Gasteiger partial charge in [-0.15, -0.1) is 0 Å². The molecule has 5 heteroatoms. The number of rotatable bonds is 5. The van der Waals surface area contributed by atoms with E-state index >= 15 is 0 Å². The topological polar surface area (TPSA) is 53.1 Å². The van der Waals surface area contributed by atoms with Gasteiger partial charge in [0.2, 0.25) is 0 Å². The van der Waals surface area contributed by atoms with Gasteiger partial charge in [0.15, 0.2) is 0 Å². The summed E-state index contributed by atoms with van der Waals surface area (Å²) in [5, 5.41) is 6.65. The van der Waals surface area contributed by atoms with Gasteiger partial charge in [0, 0.05) is 30.6 Å². The molecule has 2 N–H and O–H groups in total. The van der Waals surface area contributed by atoms with Crippen LogP contribution in [0, 0.1) is 0 Å². The molecule has 5 nitrogen and oxygen atoms in total. The molecule has 1 fully saturated rings. The van der Waals surface area contributed by atoms with E-state index in [-0.39, 0.29) is 11.0 Å². The van der Waals surface area contributed by atoms with Gasteiger partial charge < -0.3 is 15.5 Å². The summed E-state index contributed by atoms with van der Waals surface area (Å²) in [5.74, 6) is 2.64. The zero-order valence-corrected chi connectivity index (χ0v) is 14.2. The Kier molecular flexibility index (Phi) is 4.42. The summed E-state index contributed by atoms with van der Waals surface area (Å²) >= 11 is 0. The Morgan fingerprint density at radius 3 is 2.24 bits per heavy atom. The largest absolute Gasteiger partial charge is 0.373 e. The minimum absolute atomic E-state index is 0.0566. The van der Waals surface area contributed by atoms with Crippen molar-refractivity contribution < 1.29 is 0 Å². The number of hydrogen-bond acceptors (Lipinski definition) is 5. The van der Waals surface area contributed by atoms with Crippen molar-refractivity contribution in [3.8, 4) is 0 Å². The lowest BCUT2D eigenvalue weighted by molar-refractivity contribution is 0.0738. The molecule has 0 radical (unpaired) electrons. The quantitative estimate of drug-likeness (QED) is 0.873.